The van der Waals surface area contributed by atoms with E-state index in [1.165, 1.54) is 6.26 Å². The smallest absolute Gasteiger partial charge is 0.237 e. The number of pyridine rings is 1. The Labute approximate surface area is 199 Å². The summed E-state index contributed by atoms with van der Waals surface area (Å²) in [5, 5.41) is 6.67. The molecule has 2 aliphatic heterocycles. The number of nitrogens with zero attached hydrogens (tertiary/aromatic N) is 4. The number of hydrogen-bond acceptors (Lipinski definition) is 9. The first-order chi connectivity index (χ1) is 16.4. The fraction of sp³-hybridized carbons (Fsp3) is 0.375. The Morgan fingerprint density at radius 2 is 2.00 bits per heavy atom. The van der Waals surface area contributed by atoms with Crippen LogP contribution < -0.4 is 20.3 Å². The summed E-state index contributed by atoms with van der Waals surface area (Å²) >= 11 is 0. The van der Waals surface area contributed by atoms with Crippen LogP contribution in [0.2, 0.25) is 0 Å². The highest BCUT2D eigenvalue weighted by molar-refractivity contribution is 7.90. The van der Waals surface area contributed by atoms with Crippen molar-refractivity contribution in [2.24, 2.45) is 0 Å². The van der Waals surface area contributed by atoms with E-state index in [4.69, 9.17) is 9.72 Å². The maximum Gasteiger partial charge on any atom is 0.237 e. The minimum atomic E-state index is -2.98. The highest BCUT2D eigenvalue weighted by Gasteiger charge is 2.24. The molecule has 178 valence electrons. The molecule has 9 nitrogen and oxygen atoms in total. The molecule has 4 heterocycles. The van der Waals surface area contributed by atoms with E-state index in [1.807, 2.05) is 36.7 Å². The third kappa shape index (κ3) is 4.91. The Morgan fingerprint density at radius 1 is 1.18 bits per heavy atom. The van der Waals surface area contributed by atoms with Crippen molar-refractivity contribution in [3.05, 3.63) is 59.0 Å². The average Bonchev–Trinajstić information content (AvgIpc) is 2.83. The second kappa shape index (κ2) is 9.09. The molecule has 0 fully saturated rings. The Kier molecular flexibility index (Phi) is 5.99. The van der Waals surface area contributed by atoms with Crippen molar-refractivity contribution in [2.75, 3.05) is 47.2 Å². The molecular weight excluding hydrogens is 452 g/mol. The van der Waals surface area contributed by atoms with Crippen molar-refractivity contribution in [3.63, 3.8) is 0 Å². The van der Waals surface area contributed by atoms with Crippen LogP contribution in [-0.2, 0) is 29.2 Å². The van der Waals surface area contributed by atoms with E-state index in [9.17, 15) is 8.42 Å². The molecule has 3 aromatic rings. The zero-order valence-electron chi connectivity index (χ0n) is 19.3. The van der Waals surface area contributed by atoms with Crippen LogP contribution in [0, 0.1) is 6.92 Å². The quantitative estimate of drug-likeness (QED) is 0.550. The van der Waals surface area contributed by atoms with Gasteiger partial charge in [0.2, 0.25) is 11.8 Å². The Bertz CT molecular complexity index is 1310. The first-order valence-corrected chi connectivity index (χ1v) is 13.4. The van der Waals surface area contributed by atoms with Gasteiger partial charge in [0, 0.05) is 36.8 Å². The molecule has 34 heavy (non-hydrogen) atoms. The van der Waals surface area contributed by atoms with Gasteiger partial charge in [-0.15, -0.1) is 0 Å². The van der Waals surface area contributed by atoms with E-state index in [2.05, 4.69) is 32.4 Å². The average molecular weight is 481 g/mol. The molecule has 2 N–H and O–H groups in total. The number of ether oxygens (including phenoxy) is 1. The van der Waals surface area contributed by atoms with Gasteiger partial charge < -0.3 is 20.3 Å². The van der Waals surface area contributed by atoms with Gasteiger partial charge in [0.25, 0.3) is 0 Å². The van der Waals surface area contributed by atoms with Crippen LogP contribution in [0.15, 0.2) is 36.7 Å². The lowest BCUT2D eigenvalue weighted by Crippen LogP contribution is -2.32. The highest BCUT2D eigenvalue weighted by Crippen LogP contribution is 2.36. The number of anilines is 4. The van der Waals surface area contributed by atoms with Gasteiger partial charge in [-0.1, -0.05) is 12.1 Å². The fourth-order valence-electron chi connectivity index (χ4n) is 4.29. The zero-order chi connectivity index (χ0) is 23.7. The van der Waals surface area contributed by atoms with Crippen LogP contribution in [-0.4, -0.2) is 55.1 Å². The predicted molar refractivity (Wildman–Crippen MR) is 133 cm³/mol. The zero-order valence-corrected chi connectivity index (χ0v) is 20.2. The lowest BCUT2D eigenvalue weighted by atomic mass is 10.0. The molecule has 0 spiro atoms. The van der Waals surface area contributed by atoms with Crippen molar-refractivity contribution in [2.45, 2.75) is 26.3 Å². The number of hydrogen-bond donors (Lipinski definition) is 2. The summed E-state index contributed by atoms with van der Waals surface area (Å²) in [6.07, 6.45) is 6.41. The fourth-order valence-corrected chi connectivity index (χ4v) is 4.89. The number of aryl methyl sites for hydroxylation is 1. The summed E-state index contributed by atoms with van der Waals surface area (Å²) in [4.78, 5) is 16.1. The van der Waals surface area contributed by atoms with Gasteiger partial charge in [0.1, 0.15) is 22.1 Å². The van der Waals surface area contributed by atoms with Gasteiger partial charge in [0.05, 0.1) is 29.9 Å². The van der Waals surface area contributed by atoms with E-state index < -0.39 is 9.84 Å². The minimum absolute atomic E-state index is 0.145. The van der Waals surface area contributed by atoms with E-state index in [0.29, 0.717) is 31.4 Å². The Hall–Kier alpha value is -3.40. The third-order valence-corrected chi connectivity index (χ3v) is 7.12. The van der Waals surface area contributed by atoms with E-state index >= 15 is 0 Å². The highest BCUT2D eigenvalue weighted by atomic mass is 32.2. The van der Waals surface area contributed by atoms with Crippen LogP contribution in [0.5, 0.6) is 5.88 Å². The van der Waals surface area contributed by atoms with Crippen molar-refractivity contribution in [1.29, 1.82) is 0 Å². The van der Waals surface area contributed by atoms with Crippen molar-refractivity contribution >= 4 is 32.8 Å². The lowest BCUT2D eigenvalue weighted by molar-refractivity contribution is 0.310. The standard InChI is InChI=1S/C24H28N6O3S/c1-16-21(14-26-23-22(16)25-9-11-33-23)30-10-7-18-13-27-24(29-20(18)15-30)28-19-5-3-17(4-6-19)8-12-34(2,31)32/h3-6,13-14,25H,7-12,15H2,1-2H3,(H,27,28,29). The largest absolute Gasteiger partial charge is 0.474 e. The van der Waals surface area contributed by atoms with Gasteiger partial charge in [-0.3, -0.25) is 0 Å². The molecule has 1 aromatic carbocycles. The molecule has 2 aliphatic rings. The summed E-state index contributed by atoms with van der Waals surface area (Å²) < 4.78 is 28.4. The van der Waals surface area contributed by atoms with Crippen molar-refractivity contribution in [3.8, 4) is 5.88 Å². The predicted octanol–water partition coefficient (Wildman–Crippen LogP) is 2.88. The third-order valence-electron chi connectivity index (χ3n) is 6.18. The summed E-state index contributed by atoms with van der Waals surface area (Å²) in [6, 6.07) is 7.70. The van der Waals surface area contributed by atoms with Crippen LogP contribution in [0.4, 0.5) is 23.0 Å². The van der Waals surface area contributed by atoms with Crippen molar-refractivity contribution < 1.29 is 13.2 Å². The molecule has 0 aliphatic carbocycles. The summed E-state index contributed by atoms with van der Waals surface area (Å²) in [5.74, 6) is 1.35. The maximum atomic E-state index is 11.4. The summed E-state index contributed by atoms with van der Waals surface area (Å²) in [6.45, 7) is 5.06. The maximum absolute atomic E-state index is 11.4. The van der Waals surface area contributed by atoms with Crippen LogP contribution in [0.25, 0.3) is 0 Å². The lowest BCUT2D eigenvalue weighted by Gasteiger charge is -2.32. The van der Waals surface area contributed by atoms with Gasteiger partial charge in [-0.05, 0) is 43.0 Å². The summed E-state index contributed by atoms with van der Waals surface area (Å²) in [7, 11) is -2.98. The topological polar surface area (TPSA) is 109 Å². The second-order valence-electron chi connectivity index (χ2n) is 8.76. The molecule has 0 radical (unpaired) electrons. The molecule has 0 saturated heterocycles. The van der Waals surface area contributed by atoms with Crippen molar-refractivity contribution in [1.82, 2.24) is 15.0 Å². The number of fused-ring (bicyclic) bond motifs is 2. The number of sulfone groups is 1. The molecule has 0 saturated carbocycles. The first-order valence-electron chi connectivity index (χ1n) is 11.4. The molecule has 0 amide bonds. The Morgan fingerprint density at radius 3 is 2.79 bits per heavy atom. The number of nitrogens with one attached hydrogen (secondary N) is 2. The van der Waals surface area contributed by atoms with Gasteiger partial charge in [0.15, 0.2) is 0 Å². The number of rotatable bonds is 6. The van der Waals surface area contributed by atoms with E-state index in [1.54, 1.807) is 0 Å². The van der Waals surface area contributed by atoms with E-state index in [-0.39, 0.29) is 5.75 Å². The van der Waals surface area contributed by atoms with Gasteiger partial charge in [-0.2, -0.15) is 0 Å². The van der Waals surface area contributed by atoms with Gasteiger partial charge >= 0.3 is 0 Å². The normalized spacial score (nSPS) is 15.1. The van der Waals surface area contributed by atoms with Crippen LogP contribution >= 0.6 is 0 Å². The number of benzene rings is 1. The van der Waals surface area contributed by atoms with Crippen LogP contribution in [0.1, 0.15) is 22.4 Å². The second-order valence-corrected chi connectivity index (χ2v) is 11.0. The SMILES string of the molecule is Cc1c(N2CCc3cnc(Nc4ccc(CCS(C)(=O)=O)cc4)nc3C2)cnc2c1NCCO2. The molecule has 5 rings (SSSR count). The summed E-state index contributed by atoms with van der Waals surface area (Å²) in [5.41, 5.74) is 7.18. The minimum Gasteiger partial charge on any atom is -0.474 e. The molecule has 10 heteroatoms. The molecular formula is C24H28N6O3S. The monoisotopic (exact) mass is 480 g/mol. The Balaban J connectivity index is 1.30. The van der Waals surface area contributed by atoms with Crippen LogP contribution in [0.3, 0.4) is 0 Å². The molecule has 0 atom stereocenters. The van der Waals surface area contributed by atoms with E-state index in [0.717, 1.165) is 59.0 Å². The number of aromatic nitrogens is 3. The molecule has 2 aromatic heterocycles. The van der Waals surface area contributed by atoms with Gasteiger partial charge in [-0.25, -0.2) is 23.4 Å². The molecule has 0 unspecified atom stereocenters. The molecule has 0 bridgehead atoms. The first kappa shape index (κ1) is 22.4.